The third kappa shape index (κ3) is 3.23. The van der Waals surface area contributed by atoms with E-state index < -0.39 is 0 Å². The fraction of sp³-hybridized carbons (Fsp3) is 0.267. The summed E-state index contributed by atoms with van der Waals surface area (Å²) in [5.41, 5.74) is 1.30. The van der Waals surface area contributed by atoms with Crippen molar-refractivity contribution in [3.8, 4) is 5.75 Å². The van der Waals surface area contributed by atoms with E-state index in [4.69, 9.17) is 4.74 Å². The first-order chi connectivity index (χ1) is 8.79. The number of rotatable bonds is 5. The number of methoxy groups -OCH3 is 1. The van der Waals surface area contributed by atoms with Gasteiger partial charge in [0.15, 0.2) is 0 Å². The number of aromatic nitrogens is 1. The number of ether oxygens (including phenoxy) is 1. The van der Waals surface area contributed by atoms with E-state index in [1.54, 1.807) is 7.11 Å². The van der Waals surface area contributed by atoms with Gasteiger partial charge in [-0.25, -0.2) is 4.98 Å². The van der Waals surface area contributed by atoms with Gasteiger partial charge in [0.05, 0.1) is 7.11 Å². The molecule has 0 aliphatic rings. The van der Waals surface area contributed by atoms with Crippen LogP contribution in [0.15, 0.2) is 48.7 Å². The molecule has 0 amide bonds. The van der Waals surface area contributed by atoms with E-state index in [2.05, 4.69) is 29.1 Å². The zero-order chi connectivity index (χ0) is 12.8. The highest BCUT2D eigenvalue weighted by atomic mass is 16.5. The molecule has 2 aromatic rings. The van der Waals surface area contributed by atoms with Crippen LogP contribution in [0.2, 0.25) is 0 Å². The Labute approximate surface area is 108 Å². The molecular formula is C15H18N2O. The maximum absolute atomic E-state index is 5.14. The van der Waals surface area contributed by atoms with Gasteiger partial charge in [0, 0.05) is 19.8 Å². The first-order valence-corrected chi connectivity index (χ1v) is 6.04. The molecule has 0 saturated carbocycles. The molecule has 0 radical (unpaired) electrons. The zero-order valence-electron chi connectivity index (χ0n) is 10.8. The topological polar surface area (TPSA) is 25.4 Å². The molecule has 2 rings (SSSR count). The molecule has 1 aromatic carbocycles. The standard InChI is InChI=1S/C15H18N2O/c1-17(15-5-3-4-11-16-15)12-10-13-6-8-14(18-2)9-7-13/h3-9,11H,10,12H2,1-2H3. The highest BCUT2D eigenvalue weighted by Gasteiger charge is 2.01. The van der Waals surface area contributed by atoms with Crippen molar-refractivity contribution in [2.75, 3.05) is 25.6 Å². The van der Waals surface area contributed by atoms with E-state index in [1.165, 1.54) is 5.56 Å². The van der Waals surface area contributed by atoms with Gasteiger partial charge >= 0.3 is 0 Å². The van der Waals surface area contributed by atoms with Crippen LogP contribution in [-0.4, -0.2) is 25.7 Å². The number of pyridine rings is 1. The van der Waals surface area contributed by atoms with Crippen LogP contribution in [0.1, 0.15) is 5.56 Å². The van der Waals surface area contributed by atoms with Crippen LogP contribution in [0.3, 0.4) is 0 Å². The fourth-order valence-electron chi connectivity index (χ4n) is 1.78. The molecule has 0 atom stereocenters. The van der Waals surface area contributed by atoms with E-state index in [9.17, 15) is 0 Å². The minimum absolute atomic E-state index is 0.900. The number of benzene rings is 1. The van der Waals surface area contributed by atoms with Crippen LogP contribution in [0.4, 0.5) is 5.82 Å². The Balaban J connectivity index is 1.91. The second kappa shape index (κ2) is 6.05. The number of hydrogen-bond acceptors (Lipinski definition) is 3. The summed E-state index contributed by atoms with van der Waals surface area (Å²) >= 11 is 0. The summed E-state index contributed by atoms with van der Waals surface area (Å²) in [7, 11) is 3.75. The van der Waals surface area contributed by atoms with Gasteiger partial charge < -0.3 is 9.64 Å². The van der Waals surface area contributed by atoms with Crippen molar-refractivity contribution in [2.24, 2.45) is 0 Å². The van der Waals surface area contributed by atoms with Crippen molar-refractivity contribution in [3.05, 3.63) is 54.2 Å². The molecule has 0 N–H and O–H groups in total. The minimum Gasteiger partial charge on any atom is -0.497 e. The predicted molar refractivity (Wildman–Crippen MR) is 74.2 cm³/mol. The summed E-state index contributed by atoms with van der Waals surface area (Å²) in [5.74, 6) is 1.91. The Kier molecular flexibility index (Phi) is 4.18. The van der Waals surface area contributed by atoms with Gasteiger partial charge in [-0.15, -0.1) is 0 Å². The lowest BCUT2D eigenvalue weighted by Crippen LogP contribution is -2.21. The summed E-state index contributed by atoms with van der Waals surface area (Å²) in [4.78, 5) is 6.48. The maximum Gasteiger partial charge on any atom is 0.128 e. The summed E-state index contributed by atoms with van der Waals surface area (Å²) in [6.07, 6.45) is 2.82. The normalized spacial score (nSPS) is 10.1. The largest absolute Gasteiger partial charge is 0.497 e. The van der Waals surface area contributed by atoms with E-state index in [0.717, 1.165) is 24.5 Å². The van der Waals surface area contributed by atoms with Gasteiger partial charge in [-0.3, -0.25) is 0 Å². The summed E-state index contributed by atoms with van der Waals surface area (Å²) in [6, 6.07) is 14.2. The van der Waals surface area contributed by atoms with Crippen molar-refractivity contribution >= 4 is 5.82 Å². The van der Waals surface area contributed by atoms with E-state index in [0.29, 0.717) is 0 Å². The first-order valence-electron chi connectivity index (χ1n) is 6.04. The van der Waals surface area contributed by atoms with Crippen LogP contribution >= 0.6 is 0 Å². The second-order valence-corrected chi connectivity index (χ2v) is 4.21. The van der Waals surface area contributed by atoms with Gasteiger partial charge in [-0.2, -0.15) is 0 Å². The van der Waals surface area contributed by atoms with Crippen LogP contribution < -0.4 is 9.64 Å². The number of nitrogens with zero attached hydrogens (tertiary/aromatic N) is 2. The van der Waals surface area contributed by atoms with E-state index >= 15 is 0 Å². The van der Waals surface area contributed by atoms with Crippen molar-refractivity contribution in [1.29, 1.82) is 0 Å². The quantitative estimate of drug-likeness (QED) is 0.806. The molecular weight excluding hydrogens is 224 g/mol. The SMILES string of the molecule is COc1ccc(CCN(C)c2ccccn2)cc1. The van der Waals surface area contributed by atoms with Crippen LogP contribution in [-0.2, 0) is 6.42 Å². The highest BCUT2D eigenvalue weighted by molar-refractivity contribution is 5.37. The lowest BCUT2D eigenvalue weighted by Gasteiger charge is -2.17. The van der Waals surface area contributed by atoms with Crippen LogP contribution in [0.5, 0.6) is 5.75 Å². The molecule has 1 aromatic heterocycles. The molecule has 0 saturated heterocycles. The highest BCUT2D eigenvalue weighted by Crippen LogP contribution is 2.13. The summed E-state index contributed by atoms with van der Waals surface area (Å²) < 4.78 is 5.14. The Morgan fingerprint density at radius 1 is 1.11 bits per heavy atom. The first kappa shape index (κ1) is 12.4. The third-order valence-electron chi connectivity index (χ3n) is 2.94. The molecule has 0 aliphatic carbocycles. The van der Waals surface area contributed by atoms with Crippen molar-refractivity contribution < 1.29 is 4.74 Å². The van der Waals surface area contributed by atoms with Gasteiger partial charge in [-0.1, -0.05) is 18.2 Å². The smallest absolute Gasteiger partial charge is 0.128 e. The lowest BCUT2D eigenvalue weighted by molar-refractivity contribution is 0.414. The van der Waals surface area contributed by atoms with Gasteiger partial charge in [0.25, 0.3) is 0 Å². The average Bonchev–Trinajstić information content (AvgIpc) is 2.46. The molecule has 0 fully saturated rings. The molecule has 1 heterocycles. The van der Waals surface area contributed by atoms with Crippen molar-refractivity contribution in [2.45, 2.75) is 6.42 Å². The number of hydrogen-bond donors (Lipinski definition) is 0. The van der Waals surface area contributed by atoms with Crippen LogP contribution in [0.25, 0.3) is 0 Å². The van der Waals surface area contributed by atoms with E-state index in [-0.39, 0.29) is 0 Å². The van der Waals surface area contributed by atoms with Crippen LogP contribution in [0, 0.1) is 0 Å². The zero-order valence-corrected chi connectivity index (χ0v) is 10.8. The summed E-state index contributed by atoms with van der Waals surface area (Å²) in [6.45, 7) is 0.948. The Hall–Kier alpha value is -2.03. The minimum atomic E-state index is 0.900. The Bertz CT molecular complexity index is 468. The van der Waals surface area contributed by atoms with Gasteiger partial charge in [-0.05, 0) is 36.2 Å². The number of anilines is 1. The molecule has 0 bridgehead atoms. The van der Waals surface area contributed by atoms with Crippen molar-refractivity contribution in [1.82, 2.24) is 4.98 Å². The molecule has 0 aliphatic heterocycles. The Morgan fingerprint density at radius 3 is 2.50 bits per heavy atom. The van der Waals surface area contributed by atoms with Gasteiger partial charge in [0.2, 0.25) is 0 Å². The maximum atomic E-state index is 5.14. The number of likely N-dealkylation sites (N-methyl/N-ethyl adjacent to an activating group) is 1. The lowest BCUT2D eigenvalue weighted by atomic mass is 10.1. The van der Waals surface area contributed by atoms with Crippen molar-refractivity contribution in [3.63, 3.8) is 0 Å². The second-order valence-electron chi connectivity index (χ2n) is 4.21. The van der Waals surface area contributed by atoms with Gasteiger partial charge in [0.1, 0.15) is 11.6 Å². The third-order valence-corrected chi connectivity index (χ3v) is 2.94. The molecule has 0 unspecified atom stereocenters. The fourth-order valence-corrected chi connectivity index (χ4v) is 1.78. The Morgan fingerprint density at radius 2 is 1.89 bits per heavy atom. The monoisotopic (exact) mass is 242 g/mol. The summed E-state index contributed by atoms with van der Waals surface area (Å²) in [5, 5.41) is 0. The molecule has 0 spiro atoms. The average molecular weight is 242 g/mol. The molecule has 18 heavy (non-hydrogen) atoms. The molecule has 3 heteroatoms. The van der Waals surface area contributed by atoms with E-state index in [1.807, 2.05) is 36.5 Å². The molecule has 3 nitrogen and oxygen atoms in total. The molecule has 94 valence electrons. The predicted octanol–water partition coefficient (Wildman–Crippen LogP) is 2.77.